The molecular formula is C27H31F2N5O2. The second-order valence-electron chi connectivity index (χ2n) is 9.25. The van der Waals surface area contributed by atoms with E-state index in [0.717, 1.165) is 11.1 Å². The van der Waals surface area contributed by atoms with E-state index >= 15 is 0 Å². The maximum absolute atomic E-state index is 13.8. The molecule has 0 aliphatic carbocycles. The molecule has 1 aliphatic rings. The highest BCUT2D eigenvalue weighted by Gasteiger charge is 2.39. The van der Waals surface area contributed by atoms with Crippen molar-refractivity contribution in [3.63, 3.8) is 0 Å². The van der Waals surface area contributed by atoms with Crippen LogP contribution in [0.25, 0.3) is 16.7 Å². The van der Waals surface area contributed by atoms with Gasteiger partial charge < -0.3 is 15.4 Å². The van der Waals surface area contributed by atoms with Crippen molar-refractivity contribution < 1.29 is 18.3 Å². The fourth-order valence-electron chi connectivity index (χ4n) is 4.39. The normalized spacial score (nSPS) is 14.9. The zero-order valence-electron chi connectivity index (χ0n) is 20.8. The van der Waals surface area contributed by atoms with Gasteiger partial charge in [-0.2, -0.15) is 5.10 Å². The summed E-state index contributed by atoms with van der Waals surface area (Å²) < 4.78 is 34.6. The van der Waals surface area contributed by atoms with Crippen molar-refractivity contribution in [3.05, 3.63) is 66.1 Å². The summed E-state index contributed by atoms with van der Waals surface area (Å²) in [6, 6.07) is 9.52. The van der Waals surface area contributed by atoms with E-state index in [4.69, 9.17) is 10.5 Å². The Balaban J connectivity index is 1.68. The minimum Gasteiger partial charge on any atom is -0.462 e. The van der Waals surface area contributed by atoms with Crippen LogP contribution in [0.3, 0.4) is 0 Å². The van der Waals surface area contributed by atoms with Gasteiger partial charge >= 0.3 is 5.97 Å². The number of allylic oxidation sites excluding steroid dienone is 1. The van der Waals surface area contributed by atoms with Crippen LogP contribution in [0, 0.1) is 0 Å². The van der Waals surface area contributed by atoms with Gasteiger partial charge in [-0.15, -0.1) is 0 Å². The third kappa shape index (κ3) is 5.10. The fraction of sp³-hybridized carbons (Fsp3) is 0.370. The van der Waals surface area contributed by atoms with Crippen LogP contribution in [0.1, 0.15) is 54.8 Å². The largest absolute Gasteiger partial charge is 0.462 e. The molecule has 0 saturated carbocycles. The molecule has 1 fully saturated rings. The molecule has 0 amide bonds. The number of nitrogen functional groups attached to an aromatic ring is 1. The lowest BCUT2D eigenvalue weighted by molar-refractivity contribution is 0.0256. The highest BCUT2D eigenvalue weighted by Crippen LogP contribution is 2.38. The Morgan fingerprint density at radius 1 is 1.25 bits per heavy atom. The van der Waals surface area contributed by atoms with Crippen molar-refractivity contribution in [2.75, 3.05) is 30.3 Å². The number of benzene rings is 1. The number of nitrogens with two attached hydrogens (primary N) is 1. The third-order valence-electron chi connectivity index (χ3n) is 6.24. The number of pyridine rings is 1. The van der Waals surface area contributed by atoms with E-state index in [1.165, 1.54) is 4.90 Å². The van der Waals surface area contributed by atoms with Crippen LogP contribution >= 0.6 is 0 Å². The highest BCUT2D eigenvalue weighted by molar-refractivity contribution is 5.95. The number of hydrogen-bond donors (Lipinski definition) is 1. The topological polar surface area (TPSA) is 86.3 Å². The van der Waals surface area contributed by atoms with Crippen LogP contribution in [-0.2, 0) is 11.2 Å². The molecule has 3 aromatic rings. The Bertz CT molecular complexity index is 1280. The van der Waals surface area contributed by atoms with Gasteiger partial charge in [-0.05, 0) is 50.0 Å². The maximum Gasteiger partial charge on any atom is 0.341 e. The van der Waals surface area contributed by atoms with Gasteiger partial charge in [0.15, 0.2) is 5.82 Å². The quantitative estimate of drug-likeness (QED) is 0.422. The number of esters is 1. The second kappa shape index (κ2) is 10.1. The smallest absolute Gasteiger partial charge is 0.341 e. The van der Waals surface area contributed by atoms with E-state index < -0.39 is 18.4 Å². The molecule has 36 heavy (non-hydrogen) atoms. The zero-order valence-corrected chi connectivity index (χ0v) is 20.8. The number of rotatable bonds is 8. The van der Waals surface area contributed by atoms with Gasteiger partial charge in [0.1, 0.15) is 11.3 Å². The number of hydrogen-bond acceptors (Lipinski definition) is 6. The van der Waals surface area contributed by atoms with E-state index in [1.807, 2.05) is 38.1 Å². The number of carbonyl (C=O) groups is 1. The third-order valence-corrected chi connectivity index (χ3v) is 6.24. The molecule has 0 atom stereocenters. The molecule has 0 bridgehead atoms. The Kier molecular flexibility index (Phi) is 7.10. The van der Waals surface area contributed by atoms with E-state index in [1.54, 1.807) is 30.1 Å². The van der Waals surface area contributed by atoms with Crippen LogP contribution in [0.4, 0.5) is 20.3 Å². The summed E-state index contributed by atoms with van der Waals surface area (Å²) in [4.78, 5) is 18.4. The van der Waals surface area contributed by atoms with Crippen LogP contribution < -0.4 is 10.6 Å². The van der Waals surface area contributed by atoms with Gasteiger partial charge in [0.05, 0.1) is 18.8 Å². The van der Waals surface area contributed by atoms with Crippen LogP contribution in [0.2, 0.25) is 0 Å². The Morgan fingerprint density at radius 2 is 2.00 bits per heavy atom. The number of ether oxygens (including phenoxy) is 1. The summed E-state index contributed by atoms with van der Waals surface area (Å²) in [5, 5.41) is 4.61. The maximum atomic E-state index is 13.8. The van der Waals surface area contributed by atoms with Crippen molar-refractivity contribution in [2.24, 2.45) is 0 Å². The predicted molar refractivity (Wildman–Crippen MR) is 137 cm³/mol. The molecule has 0 spiro atoms. The number of alkyl halides is 2. The van der Waals surface area contributed by atoms with Gasteiger partial charge in [0.2, 0.25) is 0 Å². The summed E-state index contributed by atoms with van der Waals surface area (Å²) in [5.41, 5.74) is 10.8. The molecule has 3 heterocycles. The fourth-order valence-corrected chi connectivity index (χ4v) is 4.39. The van der Waals surface area contributed by atoms with Gasteiger partial charge in [0, 0.05) is 37.0 Å². The molecule has 1 aliphatic heterocycles. The monoisotopic (exact) mass is 495 g/mol. The van der Waals surface area contributed by atoms with Crippen molar-refractivity contribution in [2.45, 2.75) is 45.6 Å². The first kappa shape index (κ1) is 25.3. The average Bonchev–Trinajstić information content (AvgIpc) is 3.44. The highest BCUT2D eigenvalue weighted by atomic mass is 19.3. The summed E-state index contributed by atoms with van der Waals surface area (Å²) >= 11 is 0. The molecule has 190 valence electrons. The molecule has 4 rings (SSSR count). The summed E-state index contributed by atoms with van der Waals surface area (Å²) in [6.45, 7) is 9.99. The molecule has 1 aromatic carbocycles. The van der Waals surface area contributed by atoms with Crippen LogP contribution in [0.5, 0.6) is 0 Å². The van der Waals surface area contributed by atoms with Gasteiger partial charge in [-0.25, -0.2) is 18.6 Å². The van der Waals surface area contributed by atoms with Gasteiger partial charge in [0.25, 0.3) is 5.92 Å². The summed E-state index contributed by atoms with van der Waals surface area (Å²) in [5.74, 6) is -2.84. The number of anilines is 2. The minimum atomic E-state index is -2.75. The molecule has 0 unspecified atom stereocenters. The SMILES string of the molecule is C=C(Cc1ccccc1-c1ccnc(N2CCC(F)(F)C2)c1N)c1nn(C(C)C)cc1C(=O)OCC. The molecule has 0 radical (unpaired) electrons. The Hall–Kier alpha value is -3.75. The molecule has 9 heteroatoms. The molecule has 2 N–H and O–H groups in total. The van der Waals surface area contributed by atoms with E-state index in [2.05, 4.69) is 16.7 Å². The van der Waals surface area contributed by atoms with Gasteiger partial charge in [-0.3, -0.25) is 4.68 Å². The Labute approximate surface area is 209 Å². The first-order valence-corrected chi connectivity index (χ1v) is 12.0. The van der Waals surface area contributed by atoms with E-state index in [-0.39, 0.29) is 25.6 Å². The first-order chi connectivity index (χ1) is 17.1. The number of nitrogens with zero attached hydrogens (tertiary/aromatic N) is 4. The first-order valence-electron chi connectivity index (χ1n) is 12.0. The average molecular weight is 496 g/mol. The molecule has 7 nitrogen and oxygen atoms in total. The van der Waals surface area contributed by atoms with Crippen LogP contribution in [-0.4, -0.2) is 46.4 Å². The van der Waals surface area contributed by atoms with Crippen molar-refractivity contribution in [1.82, 2.24) is 14.8 Å². The second-order valence-corrected chi connectivity index (χ2v) is 9.25. The molecule has 2 aromatic heterocycles. The minimum absolute atomic E-state index is 0.0556. The molecule has 1 saturated heterocycles. The summed E-state index contributed by atoms with van der Waals surface area (Å²) in [6.07, 6.45) is 3.46. The lowest BCUT2D eigenvalue weighted by Crippen LogP contribution is -2.26. The van der Waals surface area contributed by atoms with Crippen LogP contribution in [0.15, 0.2) is 49.3 Å². The molecular weight excluding hydrogens is 464 g/mol. The standard InChI is InChI=1S/C27H31F2N5O2/c1-5-36-26(35)22-15-34(17(2)3)32-24(22)18(4)14-19-8-6-7-9-20(19)21-10-12-31-25(23(21)30)33-13-11-27(28,29)16-33/h6-10,12,15,17H,4-5,11,13-14,16,30H2,1-3H3. The number of carbonyl (C=O) groups excluding carboxylic acids is 1. The van der Waals surface area contributed by atoms with Crippen molar-refractivity contribution >= 4 is 23.0 Å². The summed E-state index contributed by atoms with van der Waals surface area (Å²) in [7, 11) is 0. The number of aromatic nitrogens is 3. The van der Waals surface area contributed by atoms with Crippen molar-refractivity contribution in [1.29, 1.82) is 0 Å². The van der Waals surface area contributed by atoms with Crippen molar-refractivity contribution in [3.8, 4) is 11.1 Å². The number of halogens is 2. The lowest BCUT2D eigenvalue weighted by Gasteiger charge is -2.21. The lowest BCUT2D eigenvalue weighted by atomic mass is 9.93. The van der Waals surface area contributed by atoms with E-state index in [0.29, 0.717) is 40.3 Å². The van der Waals surface area contributed by atoms with E-state index in [9.17, 15) is 13.6 Å². The van der Waals surface area contributed by atoms with Gasteiger partial charge in [-0.1, -0.05) is 30.8 Å². The Morgan fingerprint density at radius 3 is 2.67 bits per heavy atom. The zero-order chi connectivity index (χ0) is 26.0. The predicted octanol–water partition coefficient (Wildman–Crippen LogP) is 5.39.